The molecule has 112 valence electrons. The topological polar surface area (TPSA) is 88.8 Å². The second-order valence-corrected chi connectivity index (χ2v) is 6.17. The molecule has 4 N–H and O–H groups in total. The average molecular weight is 304 g/mol. The van der Waals surface area contributed by atoms with E-state index >= 15 is 0 Å². The summed E-state index contributed by atoms with van der Waals surface area (Å²) in [5, 5.41) is 9.30. The summed E-state index contributed by atoms with van der Waals surface area (Å²) in [4.78, 5) is 12.7. The van der Waals surface area contributed by atoms with Crippen LogP contribution >= 0.6 is 11.3 Å². The minimum absolute atomic E-state index is 0.456. The molecule has 1 saturated carbocycles. The van der Waals surface area contributed by atoms with E-state index in [1.165, 1.54) is 56.2 Å². The van der Waals surface area contributed by atoms with E-state index < -0.39 is 0 Å². The molecule has 0 spiro atoms. The molecule has 6 nitrogen and oxygen atoms in total. The zero-order chi connectivity index (χ0) is 14.5. The number of nitrogens with two attached hydrogens (primary N) is 1. The van der Waals surface area contributed by atoms with Crippen molar-refractivity contribution in [1.29, 1.82) is 0 Å². The molecule has 2 aromatic heterocycles. The maximum atomic E-state index is 6.18. The van der Waals surface area contributed by atoms with E-state index in [0.717, 1.165) is 10.9 Å². The van der Waals surface area contributed by atoms with E-state index in [0.29, 0.717) is 17.5 Å². The fraction of sp³-hybridized carbons (Fsp3) is 0.500. The predicted molar refractivity (Wildman–Crippen MR) is 87.0 cm³/mol. The largest absolute Gasteiger partial charge is 0.393 e. The van der Waals surface area contributed by atoms with Gasteiger partial charge in [-0.15, -0.1) is 11.3 Å². The van der Waals surface area contributed by atoms with Crippen molar-refractivity contribution in [1.82, 2.24) is 15.0 Å². The van der Waals surface area contributed by atoms with Crippen LogP contribution in [0.1, 0.15) is 38.5 Å². The number of anilines is 4. The molecule has 3 rings (SSSR count). The molecule has 21 heavy (non-hydrogen) atoms. The Hall–Kier alpha value is -1.89. The van der Waals surface area contributed by atoms with E-state index in [1.807, 2.05) is 5.38 Å². The summed E-state index contributed by atoms with van der Waals surface area (Å²) in [5.74, 6) is 1.33. The Morgan fingerprint density at radius 2 is 1.81 bits per heavy atom. The van der Waals surface area contributed by atoms with Crippen molar-refractivity contribution >= 4 is 33.8 Å². The number of aromatic nitrogens is 3. The van der Waals surface area contributed by atoms with Crippen LogP contribution in [0.4, 0.5) is 22.5 Å². The molecule has 0 unspecified atom stereocenters. The zero-order valence-corrected chi connectivity index (χ0v) is 12.7. The van der Waals surface area contributed by atoms with Gasteiger partial charge in [0.25, 0.3) is 0 Å². The molecule has 0 saturated heterocycles. The molecule has 0 radical (unpaired) electrons. The number of hydrogen-bond donors (Lipinski definition) is 3. The lowest BCUT2D eigenvalue weighted by atomic mass is 10.1. The van der Waals surface area contributed by atoms with Crippen LogP contribution in [0.5, 0.6) is 0 Å². The first kappa shape index (κ1) is 14.1. The van der Waals surface area contributed by atoms with Crippen molar-refractivity contribution in [2.24, 2.45) is 0 Å². The van der Waals surface area contributed by atoms with Crippen molar-refractivity contribution in [2.45, 2.75) is 44.6 Å². The summed E-state index contributed by atoms with van der Waals surface area (Å²) >= 11 is 1.51. The van der Waals surface area contributed by atoms with E-state index in [2.05, 4.69) is 25.6 Å². The van der Waals surface area contributed by atoms with Gasteiger partial charge in [-0.05, 0) is 12.8 Å². The molecule has 0 amide bonds. The Labute approximate surface area is 128 Å². The van der Waals surface area contributed by atoms with Gasteiger partial charge in [0.05, 0.1) is 0 Å². The number of hydrogen-bond acceptors (Lipinski definition) is 7. The highest BCUT2D eigenvalue weighted by atomic mass is 32.1. The summed E-state index contributed by atoms with van der Waals surface area (Å²) in [6.45, 7) is 0. The van der Waals surface area contributed by atoms with Gasteiger partial charge >= 0.3 is 0 Å². The van der Waals surface area contributed by atoms with E-state index in [9.17, 15) is 0 Å². The first-order valence-corrected chi connectivity index (χ1v) is 8.24. The van der Waals surface area contributed by atoms with Crippen molar-refractivity contribution < 1.29 is 0 Å². The van der Waals surface area contributed by atoms with Crippen LogP contribution in [0, 0.1) is 0 Å². The SMILES string of the molecule is Nc1c(Nc2nccs2)ncnc1NC1CCCCCC1. The van der Waals surface area contributed by atoms with Gasteiger partial charge in [0.1, 0.15) is 12.0 Å². The second-order valence-electron chi connectivity index (χ2n) is 5.28. The Balaban J connectivity index is 1.73. The lowest BCUT2D eigenvalue weighted by molar-refractivity contribution is 0.618. The van der Waals surface area contributed by atoms with E-state index in [-0.39, 0.29) is 0 Å². The highest BCUT2D eigenvalue weighted by Gasteiger charge is 2.15. The summed E-state index contributed by atoms with van der Waals surface area (Å²) in [5.41, 5.74) is 6.74. The van der Waals surface area contributed by atoms with Crippen molar-refractivity contribution in [3.63, 3.8) is 0 Å². The standard InChI is InChI=1S/C14H20N6S/c15-11-12(19-10-5-3-1-2-4-6-10)17-9-18-13(11)20-14-16-7-8-21-14/h7-10H,1-6,15H2,(H2,16,17,18,19,20). The predicted octanol–water partition coefficient (Wildman–Crippen LogP) is 3.39. The molecule has 1 aliphatic rings. The molecule has 1 fully saturated rings. The quantitative estimate of drug-likeness (QED) is 0.750. The van der Waals surface area contributed by atoms with Crippen LogP contribution in [0.15, 0.2) is 17.9 Å². The summed E-state index contributed by atoms with van der Waals surface area (Å²) < 4.78 is 0. The Kier molecular flexibility index (Phi) is 4.49. The van der Waals surface area contributed by atoms with Gasteiger partial charge < -0.3 is 16.4 Å². The van der Waals surface area contributed by atoms with Gasteiger partial charge in [0.15, 0.2) is 16.8 Å². The van der Waals surface area contributed by atoms with Crippen LogP contribution in [0.25, 0.3) is 0 Å². The molecule has 7 heteroatoms. The van der Waals surface area contributed by atoms with Gasteiger partial charge in [-0.2, -0.15) is 0 Å². The maximum Gasteiger partial charge on any atom is 0.188 e. The monoisotopic (exact) mass is 304 g/mol. The Bertz CT molecular complexity index is 563. The minimum Gasteiger partial charge on any atom is -0.393 e. The third kappa shape index (κ3) is 3.60. The number of nitrogen functional groups attached to an aromatic ring is 1. The molecule has 0 aliphatic heterocycles. The lowest BCUT2D eigenvalue weighted by Gasteiger charge is -2.18. The summed E-state index contributed by atoms with van der Waals surface area (Å²) in [6, 6.07) is 0.456. The minimum atomic E-state index is 0.456. The molecule has 1 aliphatic carbocycles. The fourth-order valence-corrected chi connectivity index (χ4v) is 3.14. The number of thiazole rings is 1. The normalized spacial score (nSPS) is 16.4. The number of rotatable bonds is 4. The van der Waals surface area contributed by atoms with Crippen LogP contribution in [0.3, 0.4) is 0 Å². The zero-order valence-electron chi connectivity index (χ0n) is 11.9. The summed E-state index contributed by atoms with van der Waals surface area (Å²) in [6.07, 6.45) is 10.8. The van der Waals surface area contributed by atoms with Crippen LogP contribution in [0.2, 0.25) is 0 Å². The Morgan fingerprint density at radius 1 is 1.05 bits per heavy atom. The van der Waals surface area contributed by atoms with Crippen molar-refractivity contribution in [3.8, 4) is 0 Å². The number of nitrogens with zero attached hydrogens (tertiary/aromatic N) is 3. The van der Waals surface area contributed by atoms with Gasteiger partial charge in [0, 0.05) is 17.6 Å². The van der Waals surface area contributed by atoms with Crippen molar-refractivity contribution in [3.05, 3.63) is 17.9 Å². The molecular weight excluding hydrogens is 284 g/mol. The van der Waals surface area contributed by atoms with Crippen molar-refractivity contribution in [2.75, 3.05) is 16.4 Å². The third-order valence-electron chi connectivity index (χ3n) is 3.74. The lowest BCUT2D eigenvalue weighted by Crippen LogP contribution is -2.20. The summed E-state index contributed by atoms with van der Waals surface area (Å²) in [7, 11) is 0. The molecule has 2 aromatic rings. The fourth-order valence-electron chi connectivity index (χ4n) is 2.61. The Morgan fingerprint density at radius 3 is 2.52 bits per heavy atom. The van der Waals surface area contributed by atoms with Gasteiger partial charge in [-0.1, -0.05) is 25.7 Å². The molecule has 0 atom stereocenters. The van der Waals surface area contributed by atoms with E-state index in [1.54, 1.807) is 6.20 Å². The highest BCUT2D eigenvalue weighted by Crippen LogP contribution is 2.28. The smallest absolute Gasteiger partial charge is 0.188 e. The van der Waals surface area contributed by atoms with Gasteiger partial charge in [0.2, 0.25) is 0 Å². The first-order chi connectivity index (χ1) is 10.3. The van der Waals surface area contributed by atoms with Crippen LogP contribution in [-0.4, -0.2) is 21.0 Å². The number of nitrogens with one attached hydrogen (secondary N) is 2. The highest BCUT2D eigenvalue weighted by molar-refractivity contribution is 7.13. The van der Waals surface area contributed by atoms with Crippen LogP contribution < -0.4 is 16.4 Å². The third-order valence-corrected chi connectivity index (χ3v) is 4.43. The van der Waals surface area contributed by atoms with Crippen LogP contribution in [-0.2, 0) is 0 Å². The second kappa shape index (κ2) is 6.71. The van der Waals surface area contributed by atoms with E-state index in [4.69, 9.17) is 5.73 Å². The first-order valence-electron chi connectivity index (χ1n) is 7.36. The average Bonchev–Trinajstić information content (AvgIpc) is 2.86. The molecule has 2 heterocycles. The molecule has 0 bridgehead atoms. The maximum absolute atomic E-state index is 6.18. The molecule has 0 aromatic carbocycles. The molecular formula is C14H20N6S. The van der Waals surface area contributed by atoms with Gasteiger partial charge in [-0.25, -0.2) is 15.0 Å². The van der Waals surface area contributed by atoms with Gasteiger partial charge in [-0.3, -0.25) is 0 Å².